The Balaban J connectivity index is 0.00000306. The molecule has 5 nitrogen and oxygen atoms in total. The van der Waals surface area contributed by atoms with Gasteiger partial charge in [-0.05, 0) is 59.8 Å². The molecule has 1 unspecified atom stereocenters. The quantitative estimate of drug-likeness (QED) is 0.497. The van der Waals surface area contributed by atoms with Crippen molar-refractivity contribution in [1.82, 2.24) is 9.47 Å². The molecule has 0 spiro atoms. The van der Waals surface area contributed by atoms with Crippen LogP contribution in [0.15, 0.2) is 59.6 Å². The van der Waals surface area contributed by atoms with Crippen LogP contribution in [0.1, 0.15) is 23.6 Å². The van der Waals surface area contributed by atoms with Gasteiger partial charge in [-0.25, -0.2) is 0 Å². The summed E-state index contributed by atoms with van der Waals surface area (Å²) in [6, 6.07) is 9.55. The van der Waals surface area contributed by atoms with E-state index in [1.54, 1.807) is 11.0 Å². The Hall–Kier alpha value is -2.49. The second kappa shape index (κ2) is 10.6. The lowest BCUT2D eigenvalue weighted by molar-refractivity contribution is -0.137. The molecule has 0 bridgehead atoms. The van der Waals surface area contributed by atoms with Gasteiger partial charge in [0.1, 0.15) is 0 Å². The molecule has 1 saturated heterocycles. The topological polar surface area (TPSA) is 40.5 Å². The Morgan fingerprint density at radius 1 is 1.12 bits per heavy atom. The maximum atomic E-state index is 13.8. The summed E-state index contributed by atoms with van der Waals surface area (Å²) >= 11 is 1.54. The van der Waals surface area contributed by atoms with Crippen molar-refractivity contribution in [1.29, 1.82) is 0 Å². The third-order valence-corrected chi connectivity index (χ3v) is 6.43. The zero-order valence-electron chi connectivity index (χ0n) is 18.1. The number of thiophene rings is 1. The van der Waals surface area contributed by atoms with E-state index < -0.39 is 11.7 Å². The van der Waals surface area contributed by atoms with Crippen molar-refractivity contribution in [3.8, 4) is 0 Å². The predicted molar refractivity (Wildman–Crippen MR) is 129 cm³/mol. The van der Waals surface area contributed by atoms with Crippen molar-refractivity contribution in [2.75, 3.05) is 43.4 Å². The predicted octanol–water partition coefficient (Wildman–Crippen LogP) is 5.36. The molecule has 4 rings (SSSR count). The van der Waals surface area contributed by atoms with E-state index in [0.29, 0.717) is 26.2 Å². The molecule has 10 heteroatoms. The Labute approximate surface area is 201 Å². The number of hydrogen-bond donors (Lipinski definition) is 1. The van der Waals surface area contributed by atoms with Crippen molar-refractivity contribution < 1.29 is 18.0 Å². The largest absolute Gasteiger partial charge is 0.418 e. The standard InChI is InChI=1S/C23H25F3N4OS.ClH/c1-28-9-11-30(12-10-28)20-5-4-18(14-19(20)23(24,25)26)27-22(31)15-21(17-6-13-32-16-17)29-7-2-3-8-29;/h2-8,13-14,16,21H,9-12,15H2,1H3,(H,27,31);1H. The zero-order valence-corrected chi connectivity index (χ0v) is 19.7. The highest BCUT2D eigenvalue weighted by Gasteiger charge is 2.36. The average molecular weight is 499 g/mol. The number of nitrogens with zero attached hydrogens (tertiary/aromatic N) is 3. The fourth-order valence-corrected chi connectivity index (χ4v) is 4.67. The van der Waals surface area contributed by atoms with Gasteiger partial charge in [0.05, 0.1) is 18.0 Å². The van der Waals surface area contributed by atoms with Crippen LogP contribution in [-0.2, 0) is 11.0 Å². The molecule has 33 heavy (non-hydrogen) atoms. The fourth-order valence-electron chi connectivity index (χ4n) is 3.97. The average Bonchev–Trinajstić information content (AvgIpc) is 3.47. The number of alkyl halides is 3. The van der Waals surface area contributed by atoms with Crippen LogP contribution in [0.25, 0.3) is 0 Å². The van der Waals surface area contributed by atoms with Gasteiger partial charge in [0.2, 0.25) is 5.91 Å². The SMILES string of the molecule is CN1CCN(c2ccc(NC(=O)CC(c3ccsc3)n3cccc3)cc2C(F)(F)F)CC1.Cl. The summed E-state index contributed by atoms with van der Waals surface area (Å²) in [6.45, 7) is 2.48. The third-order valence-electron chi connectivity index (χ3n) is 5.72. The molecule has 1 fully saturated rings. The lowest BCUT2D eigenvalue weighted by Crippen LogP contribution is -2.45. The van der Waals surface area contributed by atoms with Gasteiger partial charge in [-0.1, -0.05) is 0 Å². The first-order valence-electron chi connectivity index (χ1n) is 10.4. The van der Waals surface area contributed by atoms with Gasteiger partial charge < -0.3 is 19.7 Å². The van der Waals surface area contributed by atoms with Crippen molar-refractivity contribution in [2.24, 2.45) is 0 Å². The number of halogens is 4. The van der Waals surface area contributed by atoms with Crippen molar-refractivity contribution >= 4 is 41.0 Å². The van der Waals surface area contributed by atoms with Gasteiger partial charge >= 0.3 is 6.18 Å². The minimum Gasteiger partial charge on any atom is -0.368 e. The summed E-state index contributed by atoms with van der Waals surface area (Å²) in [5.74, 6) is -0.338. The molecule has 2 aromatic heterocycles. The van der Waals surface area contributed by atoms with Gasteiger partial charge in [-0.15, -0.1) is 12.4 Å². The lowest BCUT2D eigenvalue weighted by atomic mass is 10.1. The minimum absolute atomic E-state index is 0. The molecule has 1 aliphatic rings. The highest BCUT2D eigenvalue weighted by Crippen LogP contribution is 2.38. The first kappa shape index (κ1) is 25.1. The van der Waals surface area contributed by atoms with Crippen LogP contribution in [0, 0.1) is 0 Å². The van der Waals surface area contributed by atoms with Crippen molar-refractivity contribution in [2.45, 2.75) is 18.6 Å². The summed E-state index contributed by atoms with van der Waals surface area (Å²) in [5.41, 5.74) is 0.575. The third kappa shape index (κ3) is 6.10. The van der Waals surface area contributed by atoms with E-state index in [1.807, 2.05) is 53.0 Å². The monoisotopic (exact) mass is 498 g/mol. The van der Waals surface area contributed by atoms with Crippen LogP contribution in [0.4, 0.5) is 24.5 Å². The Morgan fingerprint density at radius 2 is 1.82 bits per heavy atom. The molecule has 3 aromatic rings. The molecule has 3 heterocycles. The Morgan fingerprint density at radius 3 is 2.42 bits per heavy atom. The van der Waals surface area contributed by atoms with Gasteiger partial charge in [-0.3, -0.25) is 4.79 Å². The molecule has 178 valence electrons. The normalized spacial score (nSPS) is 15.7. The van der Waals surface area contributed by atoms with E-state index in [-0.39, 0.29) is 42.2 Å². The highest BCUT2D eigenvalue weighted by molar-refractivity contribution is 7.08. The van der Waals surface area contributed by atoms with E-state index in [2.05, 4.69) is 10.2 Å². The lowest BCUT2D eigenvalue weighted by Gasteiger charge is -2.35. The number of rotatable bonds is 6. The van der Waals surface area contributed by atoms with Gasteiger partial charge in [0, 0.05) is 49.9 Å². The van der Waals surface area contributed by atoms with Gasteiger partial charge in [0.15, 0.2) is 0 Å². The number of aromatic nitrogens is 1. The number of amides is 1. The van der Waals surface area contributed by atoms with Gasteiger partial charge in [0.25, 0.3) is 0 Å². The van der Waals surface area contributed by atoms with E-state index in [9.17, 15) is 18.0 Å². The summed E-state index contributed by atoms with van der Waals surface area (Å²) < 4.78 is 43.4. The second-order valence-corrected chi connectivity index (χ2v) is 8.76. The van der Waals surface area contributed by atoms with Crippen LogP contribution in [-0.4, -0.2) is 48.6 Å². The molecular formula is C23H26ClF3N4OS. The molecule has 1 amide bonds. The number of carbonyl (C=O) groups excluding carboxylic acids is 1. The summed E-state index contributed by atoms with van der Waals surface area (Å²) in [6.07, 6.45) is -0.638. The molecule has 1 N–H and O–H groups in total. The van der Waals surface area contributed by atoms with Crippen molar-refractivity contribution in [3.63, 3.8) is 0 Å². The Bertz CT molecular complexity index is 998. The maximum absolute atomic E-state index is 13.8. The smallest absolute Gasteiger partial charge is 0.368 e. The number of hydrogen-bond acceptors (Lipinski definition) is 4. The zero-order chi connectivity index (χ0) is 22.7. The molecule has 0 radical (unpaired) electrons. The molecular weight excluding hydrogens is 473 g/mol. The van der Waals surface area contributed by atoms with E-state index >= 15 is 0 Å². The minimum atomic E-state index is -4.51. The number of nitrogens with one attached hydrogen (secondary N) is 1. The van der Waals surface area contributed by atoms with Crippen LogP contribution in [0.5, 0.6) is 0 Å². The fraction of sp³-hybridized carbons (Fsp3) is 0.348. The molecule has 1 aromatic carbocycles. The highest BCUT2D eigenvalue weighted by atomic mass is 35.5. The van der Waals surface area contributed by atoms with E-state index in [4.69, 9.17) is 0 Å². The maximum Gasteiger partial charge on any atom is 0.418 e. The van der Waals surface area contributed by atoms with Gasteiger partial charge in [-0.2, -0.15) is 24.5 Å². The van der Waals surface area contributed by atoms with Crippen molar-refractivity contribution in [3.05, 3.63) is 70.7 Å². The number of likely N-dealkylation sites (N-methyl/N-ethyl adjacent to an activating group) is 1. The second-order valence-electron chi connectivity index (χ2n) is 7.98. The molecule has 0 aliphatic carbocycles. The summed E-state index contributed by atoms with van der Waals surface area (Å²) in [7, 11) is 1.96. The van der Waals surface area contributed by atoms with E-state index in [0.717, 1.165) is 11.6 Å². The first-order chi connectivity index (χ1) is 15.3. The molecule has 0 saturated carbocycles. The first-order valence-corrected chi connectivity index (χ1v) is 11.3. The van der Waals surface area contributed by atoms with Crippen LogP contribution >= 0.6 is 23.7 Å². The van der Waals surface area contributed by atoms with Crippen LogP contribution in [0.2, 0.25) is 0 Å². The van der Waals surface area contributed by atoms with Crippen LogP contribution < -0.4 is 10.2 Å². The van der Waals surface area contributed by atoms with Crippen LogP contribution in [0.3, 0.4) is 0 Å². The molecule has 1 aliphatic heterocycles. The number of carbonyl (C=O) groups is 1. The number of anilines is 2. The number of piperazine rings is 1. The Kier molecular flexibility index (Phi) is 8.10. The van der Waals surface area contributed by atoms with E-state index in [1.165, 1.54) is 17.4 Å². The molecule has 1 atom stereocenters. The summed E-state index contributed by atoms with van der Waals surface area (Å²) in [5, 5.41) is 6.59. The number of benzene rings is 1. The summed E-state index contributed by atoms with van der Waals surface area (Å²) in [4.78, 5) is 16.6.